The third-order valence-electron chi connectivity index (χ3n) is 6.15. The van der Waals surface area contributed by atoms with E-state index >= 15 is 0 Å². The number of nitrogens with one attached hydrogen (secondary N) is 1. The summed E-state index contributed by atoms with van der Waals surface area (Å²) >= 11 is 8.80. The highest BCUT2D eigenvalue weighted by Gasteiger charge is 2.24. The average molecular weight is 590 g/mol. The number of nitrogens with zero attached hydrogens (tertiary/aromatic N) is 4. The van der Waals surface area contributed by atoms with Crippen LogP contribution < -0.4 is 19.7 Å². The van der Waals surface area contributed by atoms with Crippen LogP contribution in [0.3, 0.4) is 0 Å². The second-order valence-electron chi connectivity index (χ2n) is 8.25. The molecule has 1 aliphatic heterocycles. The number of rotatable bonds is 7. The molecule has 5 rings (SSSR count). The second-order valence-corrected chi connectivity index (χ2v) is 9.82. The van der Waals surface area contributed by atoms with Crippen LogP contribution in [-0.2, 0) is 6.54 Å². The third-order valence-corrected chi connectivity index (χ3v) is 7.27. The van der Waals surface area contributed by atoms with Crippen LogP contribution in [0, 0.1) is 3.57 Å². The van der Waals surface area contributed by atoms with Crippen LogP contribution in [0.1, 0.15) is 12.0 Å². The first-order valence-electron chi connectivity index (χ1n) is 11.0. The summed E-state index contributed by atoms with van der Waals surface area (Å²) in [5, 5.41) is 4.20. The Hall–Kier alpha value is -2.56. The number of anilines is 1. The van der Waals surface area contributed by atoms with E-state index in [1.54, 1.807) is 20.3 Å². The van der Waals surface area contributed by atoms with Crippen LogP contribution in [0.4, 0.5) is 5.69 Å². The fourth-order valence-electron chi connectivity index (χ4n) is 4.34. The Morgan fingerprint density at radius 1 is 1.12 bits per heavy atom. The number of hydrogen-bond acceptors (Lipinski definition) is 6. The summed E-state index contributed by atoms with van der Waals surface area (Å²) in [6, 6.07) is 10.3. The summed E-state index contributed by atoms with van der Waals surface area (Å²) in [5.74, 6) is 1.24. The molecule has 3 aromatic heterocycles. The molecule has 0 amide bonds. The molecule has 1 saturated heterocycles. The molecule has 0 unspecified atom stereocenters. The van der Waals surface area contributed by atoms with Crippen LogP contribution >= 0.6 is 34.2 Å². The van der Waals surface area contributed by atoms with Crippen LogP contribution in [0.25, 0.3) is 16.9 Å². The van der Waals surface area contributed by atoms with Crippen molar-refractivity contribution in [2.24, 2.45) is 0 Å². The van der Waals surface area contributed by atoms with Gasteiger partial charge in [0.1, 0.15) is 17.1 Å². The van der Waals surface area contributed by atoms with E-state index in [2.05, 4.69) is 62.2 Å². The van der Waals surface area contributed by atoms with Crippen molar-refractivity contribution < 1.29 is 9.47 Å². The van der Waals surface area contributed by atoms with Gasteiger partial charge in [-0.2, -0.15) is 0 Å². The molecule has 4 aromatic rings. The first-order chi connectivity index (χ1) is 16.6. The number of imidazole rings is 1. The van der Waals surface area contributed by atoms with Crippen molar-refractivity contribution in [1.82, 2.24) is 19.7 Å². The van der Waals surface area contributed by atoms with Gasteiger partial charge in [0.2, 0.25) is 0 Å². The van der Waals surface area contributed by atoms with Gasteiger partial charge in [-0.15, -0.1) is 0 Å². The topological polar surface area (TPSA) is 63.9 Å². The molecule has 9 heteroatoms. The average Bonchev–Trinajstić information content (AvgIpc) is 3.49. The Morgan fingerprint density at radius 2 is 1.91 bits per heavy atom. The molecule has 0 saturated carbocycles. The highest BCUT2D eigenvalue weighted by molar-refractivity contribution is 14.1. The fourth-order valence-corrected chi connectivity index (χ4v) is 5.38. The summed E-state index contributed by atoms with van der Waals surface area (Å²) in [7, 11) is 3.22. The lowest BCUT2D eigenvalue weighted by Gasteiger charge is -2.21. The molecule has 0 aliphatic carbocycles. The van der Waals surface area contributed by atoms with Crippen LogP contribution in [0.15, 0.2) is 55.1 Å². The monoisotopic (exact) mass is 589 g/mol. The van der Waals surface area contributed by atoms with Crippen molar-refractivity contribution in [3.8, 4) is 22.8 Å². The van der Waals surface area contributed by atoms with Gasteiger partial charge in [-0.1, -0.05) is 11.6 Å². The molecule has 1 aromatic carbocycles. The van der Waals surface area contributed by atoms with Gasteiger partial charge in [-0.3, -0.25) is 4.98 Å². The normalized spacial score (nSPS) is 15.8. The Kier molecular flexibility index (Phi) is 6.80. The van der Waals surface area contributed by atoms with E-state index in [-0.39, 0.29) is 0 Å². The van der Waals surface area contributed by atoms with Gasteiger partial charge in [0.05, 0.1) is 34.2 Å². The number of pyridine rings is 2. The van der Waals surface area contributed by atoms with E-state index in [0.29, 0.717) is 22.6 Å². The van der Waals surface area contributed by atoms with E-state index in [1.807, 2.05) is 29.1 Å². The number of hydrogen-bond donors (Lipinski definition) is 1. The van der Waals surface area contributed by atoms with E-state index in [1.165, 1.54) is 14.8 Å². The van der Waals surface area contributed by atoms with E-state index in [4.69, 9.17) is 26.1 Å². The van der Waals surface area contributed by atoms with Crippen LogP contribution in [0.5, 0.6) is 11.5 Å². The molecule has 1 atom stereocenters. The van der Waals surface area contributed by atoms with Gasteiger partial charge in [0.25, 0.3) is 0 Å². The lowest BCUT2D eigenvalue weighted by atomic mass is 10.1. The molecule has 1 N–H and O–H groups in total. The highest BCUT2D eigenvalue weighted by Crippen LogP contribution is 2.38. The number of halogens is 2. The first kappa shape index (κ1) is 23.2. The minimum absolute atomic E-state index is 0.446. The van der Waals surface area contributed by atoms with Crippen molar-refractivity contribution in [1.29, 1.82) is 0 Å². The number of aromatic nitrogens is 3. The van der Waals surface area contributed by atoms with E-state index in [0.717, 1.165) is 43.0 Å². The van der Waals surface area contributed by atoms with Gasteiger partial charge in [0.15, 0.2) is 0 Å². The maximum atomic E-state index is 6.39. The minimum atomic E-state index is 0.446. The Bertz CT molecular complexity index is 1310. The van der Waals surface area contributed by atoms with Crippen molar-refractivity contribution >= 4 is 45.5 Å². The Balaban J connectivity index is 1.38. The Morgan fingerprint density at radius 3 is 2.68 bits per heavy atom. The molecule has 0 spiro atoms. The molecular formula is C25H25ClIN5O2. The predicted octanol–water partition coefficient (Wildman–Crippen LogP) is 5.04. The van der Waals surface area contributed by atoms with E-state index in [9.17, 15) is 0 Å². The molecule has 0 bridgehead atoms. The maximum Gasteiger partial charge on any atom is 0.141 e. The molecule has 1 fully saturated rings. The fraction of sp³-hybridized carbons (Fsp3) is 0.280. The molecule has 1 aliphatic rings. The zero-order valence-electron chi connectivity index (χ0n) is 19.0. The summed E-state index contributed by atoms with van der Waals surface area (Å²) in [5.41, 5.74) is 4.97. The van der Waals surface area contributed by atoms with Crippen LogP contribution in [-0.4, -0.2) is 47.7 Å². The lowest BCUT2D eigenvalue weighted by Crippen LogP contribution is -2.32. The van der Waals surface area contributed by atoms with Gasteiger partial charge in [-0.05, 0) is 52.8 Å². The zero-order chi connectivity index (χ0) is 23.7. The Labute approximate surface area is 217 Å². The van der Waals surface area contributed by atoms with Crippen molar-refractivity contribution in [3.05, 3.63) is 69.3 Å². The number of ether oxygens (including phenoxy) is 2. The minimum Gasteiger partial charge on any atom is -0.496 e. The first-order valence-corrected chi connectivity index (χ1v) is 12.5. The van der Waals surface area contributed by atoms with E-state index < -0.39 is 0 Å². The number of methoxy groups -OCH3 is 2. The predicted molar refractivity (Wildman–Crippen MR) is 143 cm³/mol. The SMILES string of the molecule is COc1cc(OC)c(-c2cn3cc(I)c(N4CC[C@H](NCc5ccncc5)C4)cc3n2)cc1Cl. The molecule has 4 heterocycles. The summed E-state index contributed by atoms with van der Waals surface area (Å²) in [4.78, 5) is 11.4. The lowest BCUT2D eigenvalue weighted by molar-refractivity contribution is 0.395. The number of fused-ring (bicyclic) bond motifs is 1. The van der Waals surface area contributed by atoms with Gasteiger partial charge in [0, 0.05) is 68.2 Å². The largest absolute Gasteiger partial charge is 0.496 e. The van der Waals surface area contributed by atoms with Crippen LogP contribution in [0.2, 0.25) is 5.02 Å². The molecular weight excluding hydrogens is 565 g/mol. The van der Waals surface area contributed by atoms with Crippen molar-refractivity contribution in [2.45, 2.75) is 19.0 Å². The standard InChI is InChI=1S/C25H25ClIN5O2/c1-33-23-11-24(34-2)19(26)9-18(23)21-15-32-14-20(27)22(10-25(32)30-21)31-8-5-17(13-31)29-12-16-3-6-28-7-4-16/h3-4,6-7,9-11,14-15,17,29H,5,8,12-13H2,1-2H3/t17-/m0/s1. The molecule has 176 valence electrons. The summed E-state index contributed by atoms with van der Waals surface area (Å²) in [6.45, 7) is 2.83. The van der Waals surface area contributed by atoms with Crippen molar-refractivity contribution in [3.63, 3.8) is 0 Å². The molecule has 7 nitrogen and oxygen atoms in total. The van der Waals surface area contributed by atoms with Gasteiger partial charge in [-0.25, -0.2) is 4.98 Å². The zero-order valence-corrected chi connectivity index (χ0v) is 21.9. The quantitative estimate of drug-likeness (QED) is 0.305. The maximum absolute atomic E-state index is 6.39. The molecule has 0 radical (unpaired) electrons. The third kappa shape index (κ3) is 4.67. The second kappa shape index (κ2) is 9.97. The van der Waals surface area contributed by atoms with Gasteiger partial charge >= 0.3 is 0 Å². The van der Waals surface area contributed by atoms with Crippen molar-refractivity contribution in [2.75, 3.05) is 32.2 Å². The molecule has 34 heavy (non-hydrogen) atoms. The highest BCUT2D eigenvalue weighted by atomic mass is 127. The smallest absolute Gasteiger partial charge is 0.141 e. The summed E-state index contributed by atoms with van der Waals surface area (Å²) in [6.07, 6.45) is 8.91. The summed E-state index contributed by atoms with van der Waals surface area (Å²) < 4.78 is 14.1. The van der Waals surface area contributed by atoms with Gasteiger partial charge < -0.3 is 24.1 Å². The number of benzene rings is 1.